The Morgan fingerprint density at radius 3 is 2.63 bits per heavy atom. The van der Waals surface area contributed by atoms with Crippen molar-refractivity contribution in [3.63, 3.8) is 0 Å². The zero-order valence-corrected chi connectivity index (χ0v) is 11.6. The van der Waals surface area contributed by atoms with Crippen LogP contribution in [0.4, 0.5) is 0 Å². The summed E-state index contributed by atoms with van der Waals surface area (Å²) in [6.07, 6.45) is 0. The van der Waals surface area contributed by atoms with Crippen molar-refractivity contribution in [1.29, 1.82) is 0 Å². The Labute approximate surface area is 116 Å². The number of rotatable bonds is 2. The third-order valence-corrected chi connectivity index (χ3v) is 3.93. The third-order valence-electron chi connectivity index (χ3n) is 3.69. The molecule has 0 aliphatic rings. The summed E-state index contributed by atoms with van der Waals surface area (Å²) >= 11 is 6.04. The Morgan fingerprint density at radius 1 is 1.11 bits per heavy atom. The van der Waals surface area contributed by atoms with E-state index in [-0.39, 0.29) is 11.7 Å². The van der Waals surface area contributed by atoms with Gasteiger partial charge in [-0.25, -0.2) is 0 Å². The molecule has 1 unspecified atom stereocenters. The molecule has 3 rings (SSSR count). The van der Waals surface area contributed by atoms with Gasteiger partial charge in [-0.3, -0.25) is 4.79 Å². The molecule has 0 saturated heterocycles. The molecule has 2 aromatic carbocycles. The predicted molar refractivity (Wildman–Crippen MR) is 79.9 cm³/mol. The Bertz CT molecular complexity index is 788. The first-order valence-electron chi connectivity index (χ1n) is 6.27. The Morgan fingerprint density at radius 2 is 1.89 bits per heavy atom. The van der Waals surface area contributed by atoms with Gasteiger partial charge in [0.15, 0.2) is 0 Å². The molecule has 1 aromatic heterocycles. The molecular weight excluding hydrogens is 258 g/mol. The fraction of sp³-hybridized carbons (Fsp3) is 0.188. The average Bonchev–Trinajstić information content (AvgIpc) is 2.74. The van der Waals surface area contributed by atoms with Crippen molar-refractivity contribution in [3.8, 4) is 0 Å². The first-order chi connectivity index (χ1) is 9.06. The lowest BCUT2D eigenvalue weighted by Gasteiger charge is -2.07. The van der Waals surface area contributed by atoms with Crippen LogP contribution in [0.2, 0.25) is 5.02 Å². The van der Waals surface area contributed by atoms with Crippen LogP contribution < -0.4 is 0 Å². The van der Waals surface area contributed by atoms with Crippen LogP contribution in [-0.4, -0.2) is 10.8 Å². The number of carbonyl (C=O) groups is 1. The summed E-state index contributed by atoms with van der Waals surface area (Å²) in [5.41, 5.74) is 3.15. The maximum atomic E-state index is 11.5. The SMILES string of the molecule is CC(=O)C(C)c1ccc2c(c1)[nH]c1ccc(Cl)cc12. The predicted octanol–water partition coefficient (Wildman–Crippen LogP) is 4.67. The number of fused-ring (bicyclic) bond motifs is 3. The summed E-state index contributed by atoms with van der Waals surface area (Å²) in [6.45, 7) is 3.56. The molecule has 2 nitrogen and oxygen atoms in total. The summed E-state index contributed by atoms with van der Waals surface area (Å²) in [7, 11) is 0. The van der Waals surface area contributed by atoms with E-state index in [1.54, 1.807) is 6.92 Å². The highest BCUT2D eigenvalue weighted by molar-refractivity contribution is 6.31. The maximum absolute atomic E-state index is 11.5. The summed E-state index contributed by atoms with van der Waals surface area (Å²) in [5.74, 6) is 0.109. The van der Waals surface area contributed by atoms with Gasteiger partial charge in [0.25, 0.3) is 0 Å². The number of benzene rings is 2. The molecule has 3 aromatic rings. The minimum Gasteiger partial charge on any atom is -0.355 e. The summed E-state index contributed by atoms with van der Waals surface area (Å²) in [5, 5.41) is 2.98. The summed E-state index contributed by atoms with van der Waals surface area (Å²) < 4.78 is 0. The van der Waals surface area contributed by atoms with E-state index in [4.69, 9.17) is 11.6 Å². The van der Waals surface area contributed by atoms with E-state index in [1.165, 1.54) is 0 Å². The lowest BCUT2D eigenvalue weighted by atomic mass is 9.96. The lowest BCUT2D eigenvalue weighted by Crippen LogP contribution is -2.03. The van der Waals surface area contributed by atoms with Gasteiger partial charge >= 0.3 is 0 Å². The number of hydrogen-bond acceptors (Lipinski definition) is 1. The topological polar surface area (TPSA) is 32.9 Å². The molecule has 1 atom stereocenters. The Hall–Kier alpha value is -1.80. The number of H-pyrrole nitrogens is 1. The van der Waals surface area contributed by atoms with Gasteiger partial charge in [-0.05, 0) is 36.8 Å². The van der Waals surface area contributed by atoms with Crippen LogP contribution in [0.3, 0.4) is 0 Å². The molecule has 0 amide bonds. The fourth-order valence-corrected chi connectivity index (χ4v) is 2.57. The highest BCUT2D eigenvalue weighted by Crippen LogP contribution is 2.30. The van der Waals surface area contributed by atoms with Gasteiger partial charge in [0, 0.05) is 32.7 Å². The van der Waals surface area contributed by atoms with Gasteiger partial charge in [-0.1, -0.05) is 30.7 Å². The Balaban J connectivity index is 2.24. The smallest absolute Gasteiger partial charge is 0.136 e. The van der Waals surface area contributed by atoms with E-state index in [0.717, 1.165) is 32.4 Å². The van der Waals surface area contributed by atoms with Crippen LogP contribution in [0.1, 0.15) is 25.3 Å². The molecule has 0 saturated carbocycles. The Kier molecular flexibility index (Phi) is 2.83. The number of aromatic nitrogens is 1. The van der Waals surface area contributed by atoms with Gasteiger partial charge < -0.3 is 4.98 Å². The van der Waals surface area contributed by atoms with Crippen molar-refractivity contribution in [1.82, 2.24) is 4.98 Å². The minimum atomic E-state index is -0.0700. The normalized spacial score (nSPS) is 13.0. The van der Waals surface area contributed by atoms with Gasteiger partial charge in [-0.15, -0.1) is 0 Å². The zero-order valence-electron chi connectivity index (χ0n) is 10.8. The van der Waals surface area contributed by atoms with Gasteiger partial charge in [0.2, 0.25) is 0 Å². The first kappa shape index (κ1) is 12.2. The van der Waals surface area contributed by atoms with E-state index in [1.807, 2.05) is 31.2 Å². The number of ketones is 1. The first-order valence-corrected chi connectivity index (χ1v) is 6.65. The van der Waals surface area contributed by atoms with Crippen LogP contribution in [0.15, 0.2) is 36.4 Å². The highest BCUT2D eigenvalue weighted by Gasteiger charge is 2.12. The van der Waals surface area contributed by atoms with Crippen molar-refractivity contribution in [2.24, 2.45) is 0 Å². The van der Waals surface area contributed by atoms with E-state index in [0.29, 0.717) is 0 Å². The van der Waals surface area contributed by atoms with Gasteiger partial charge in [-0.2, -0.15) is 0 Å². The molecule has 3 heteroatoms. The molecule has 0 aliphatic heterocycles. The van der Waals surface area contributed by atoms with E-state index >= 15 is 0 Å². The van der Waals surface area contributed by atoms with Crippen molar-refractivity contribution < 1.29 is 4.79 Å². The second-order valence-corrected chi connectivity index (χ2v) is 5.39. The zero-order chi connectivity index (χ0) is 13.6. The second kappa shape index (κ2) is 4.39. The molecule has 19 heavy (non-hydrogen) atoms. The molecule has 0 radical (unpaired) electrons. The maximum Gasteiger partial charge on any atom is 0.136 e. The van der Waals surface area contributed by atoms with Crippen LogP contribution in [0.5, 0.6) is 0 Å². The summed E-state index contributed by atoms with van der Waals surface area (Å²) in [4.78, 5) is 14.8. The fourth-order valence-electron chi connectivity index (χ4n) is 2.40. The molecule has 0 bridgehead atoms. The van der Waals surface area contributed by atoms with Crippen LogP contribution in [0.25, 0.3) is 21.8 Å². The van der Waals surface area contributed by atoms with E-state index in [9.17, 15) is 4.79 Å². The number of carbonyl (C=O) groups excluding carboxylic acids is 1. The molecule has 1 heterocycles. The minimum absolute atomic E-state index is 0.0700. The molecule has 0 fully saturated rings. The van der Waals surface area contributed by atoms with Crippen molar-refractivity contribution in [2.75, 3.05) is 0 Å². The lowest BCUT2D eigenvalue weighted by molar-refractivity contribution is -0.118. The molecular formula is C16H14ClNO. The van der Waals surface area contributed by atoms with Crippen molar-refractivity contribution in [3.05, 3.63) is 47.0 Å². The highest BCUT2D eigenvalue weighted by atomic mass is 35.5. The van der Waals surface area contributed by atoms with Crippen LogP contribution in [-0.2, 0) is 4.79 Å². The van der Waals surface area contributed by atoms with E-state index < -0.39 is 0 Å². The van der Waals surface area contributed by atoms with Crippen molar-refractivity contribution in [2.45, 2.75) is 19.8 Å². The summed E-state index contributed by atoms with van der Waals surface area (Å²) in [6, 6.07) is 11.9. The standard InChI is InChI=1S/C16H14ClNO/c1-9(10(2)19)11-3-5-13-14-8-12(17)4-6-15(14)18-16(13)7-11/h3-9,18H,1-2H3. The molecule has 96 valence electrons. The third kappa shape index (κ3) is 2.02. The molecule has 1 N–H and O–H groups in total. The number of nitrogens with one attached hydrogen (secondary N) is 1. The largest absolute Gasteiger partial charge is 0.355 e. The van der Waals surface area contributed by atoms with E-state index in [2.05, 4.69) is 17.1 Å². The van der Waals surface area contributed by atoms with Crippen LogP contribution >= 0.6 is 11.6 Å². The van der Waals surface area contributed by atoms with Gasteiger partial charge in [0.1, 0.15) is 5.78 Å². The van der Waals surface area contributed by atoms with Crippen molar-refractivity contribution >= 4 is 39.2 Å². The molecule has 0 aliphatic carbocycles. The van der Waals surface area contributed by atoms with Gasteiger partial charge in [0.05, 0.1) is 0 Å². The molecule has 0 spiro atoms. The number of hydrogen-bond donors (Lipinski definition) is 1. The number of aromatic amines is 1. The second-order valence-electron chi connectivity index (χ2n) is 4.95. The number of halogens is 1. The monoisotopic (exact) mass is 271 g/mol. The number of Topliss-reactive ketones (excluding diaryl/α,β-unsaturated/α-hetero) is 1. The van der Waals surface area contributed by atoms with Crippen LogP contribution in [0, 0.1) is 0 Å². The quantitative estimate of drug-likeness (QED) is 0.722. The average molecular weight is 272 g/mol.